The van der Waals surface area contributed by atoms with E-state index in [1.165, 1.54) is 51.4 Å². The fourth-order valence-electron chi connectivity index (χ4n) is 5.76. The first kappa shape index (κ1) is 51.0. The quantitative estimate of drug-likeness (QED) is 0.0269. The Hall–Kier alpha value is -2.97. The zero-order chi connectivity index (χ0) is 40.0. The van der Waals surface area contributed by atoms with Crippen molar-refractivity contribution in [2.45, 2.75) is 174 Å². The maximum absolute atomic E-state index is 12.7. The van der Waals surface area contributed by atoms with Crippen LogP contribution in [-0.2, 0) is 28.6 Å². The molecule has 0 saturated carbocycles. The molecule has 0 aliphatic carbocycles. The van der Waals surface area contributed by atoms with E-state index in [0.29, 0.717) is 19.3 Å². The molecule has 0 amide bonds. The fourth-order valence-corrected chi connectivity index (χ4v) is 5.76. The van der Waals surface area contributed by atoms with Crippen LogP contribution in [0.2, 0.25) is 0 Å². The largest absolute Gasteiger partial charge is 0.544 e. The van der Waals surface area contributed by atoms with Gasteiger partial charge in [-0.25, -0.2) is 0 Å². The third kappa shape index (κ3) is 34.8. The number of quaternary nitrogens is 1. The summed E-state index contributed by atoms with van der Waals surface area (Å²) in [7, 11) is 5.38. The Morgan fingerprint density at radius 3 is 1.56 bits per heavy atom. The van der Waals surface area contributed by atoms with Gasteiger partial charge in [0.2, 0.25) is 0 Å². The van der Waals surface area contributed by atoms with Gasteiger partial charge in [0, 0.05) is 19.3 Å². The predicted molar refractivity (Wildman–Crippen MR) is 222 cm³/mol. The minimum atomic E-state index is -1.13. The number of aliphatic carboxylic acids is 1. The average Bonchev–Trinajstić information content (AvgIpc) is 3.12. The summed E-state index contributed by atoms with van der Waals surface area (Å²) in [4.78, 5) is 36.7. The maximum Gasteiger partial charge on any atom is 0.306 e. The highest BCUT2D eigenvalue weighted by Gasteiger charge is 2.25. The van der Waals surface area contributed by atoms with Crippen LogP contribution in [-0.4, -0.2) is 75.5 Å². The molecule has 8 heteroatoms. The lowest BCUT2D eigenvalue weighted by Gasteiger charge is -2.34. The van der Waals surface area contributed by atoms with Gasteiger partial charge < -0.3 is 28.6 Å². The molecule has 0 bridgehead atoms. The van der Waals surface area contributed by atoms with Gasteiger partial charge in [0.1, 0.15) is 12.6 Å². The number of allylic oxidation sites excluding steroid dienone is 10. The van der Waals surface area contributed by atoms with E-state index in [1.807, 2.05) is 0 Å². The molecule has 2 unspecified atom stereocenters. The van der Waals surface area contributed by atoms with Crippen molar-refractivity contribution in [1.29, 1.82) is 0 Å². The zero-order valence-electron chi connectivity index (χ0n) is 35.1. The van der Waals surface area contributed by atoms with E-state index >= 15 is 0 Å². The van der Waals surface area contributed by atoms with E-state index in [4.69, 9.17) is 14.2 Å². The lowest BCUT2D eigenvalue weighted by molar-refractivity contribution is -0.889. The fraction of sp³-hybridized carbons (Fsp3) is 0.717. The summed E-state index contributed by atoms with van der Waals surface area (Å²) in [6.45, 7) is 4.53. The van der Waals surface area contributed by atoms with Crippen molar-refractivity contribution in [3.63, 3.8) is 0 Å². The van der Waals surface area contributed by atoms with Gasteiger partial charge in [0.15, 0.2) is 6.10 Å². The van der Waals surface area contributed by atoms with Crippen molar-refractivity contribution in [3.8, 4) is 0 Å². The highest BCUT2D eigenvalue weighted by molar-refractivity contribution is 5.70. The van der Waals surface area contributed by atoms with Gasteiger partial charge >= 0.3 is 11.9 Å². The third-order valence-electron chi connectivity index (χ3n) is 9.13. The highest BCUT2D eigenvalue weighted by atomic mass is 16.6. The highest BCUT2D eigenvalue weighted by Crippen LogP contribution is 2.12. The molecule has 0 aliphatic rings. The van der Waals surface area contributed by atoms with E-state index in [2.05, 4.69) is 74.6 Å². The van der Waals surface area contributed by atoms with Crippen molar-refractivity contribution in [1.82, 2.24) is 0 Å². The second-order valence-corrected chi connectivity index (χ2v) is 15.2. The van der Waals surface area contributed by atoms with Crippen LogP contribution in [0.4, 0.5) is 0 Å². The number of likely N-dealkylation sites (N-methyl/N-ethyl adjacent to an activating group) is 1. The van der Waals surface area contributed by atoms with E-state index < -0.39 is 18.1 Å². The zero-order valence-corrected chi connectivity index (χ0v) is 35.1. The summed E-state index contributed by atoms with van der Waals surface area (Å²) in [5, 5.41) is 11.6. The number of carbonyl (C=O) groups is 3. The van der Waals surface area contributed by atoms with Crippen LogP contribution in [0.15, 0.2) is 60.8 Å². The van der Waals surface area contributed by atoms with Crippen LogP contribution in [0.25, 0.3) is 0 Å². The van der Waals surface area contributed by atoms with Gasteiger partial charge in [-0.15, -0.1) is 0 Å². The van der Waals surface area contributed by atoms with Crippen molar-refractivity contribution in [2.75, 3.05) is 41.0 Å². The molecule has 310 valence electrons. The lowest BCUT2D eigenvalue weighted by Crippen LogP contribution is -2.55. The summed E-state index contributed by atoms with van der Waals surface area (Å²) >= 11 is 0. The van der Waals surface area contributed by atoms with Crippen molar-refractivity contribution >= 4 is 17.9 Å². The van der Waals surface area contributed by atoms with Crippen LogP contribution >= 0.6 is 0 Å². The number of carboxylic acids is 1. The van der Waals surface area contributed by atoms with Crippen molar-refractivity contribution in [3.05, 3.63) is 60.8 Å². The molecule has 0 saturated heterocycles. The number of nitrogens with zero attached hydrogens (tertiary/aromatic N) is 1. The molecule has 0 aromatic carbocycles. The minimum absolute atomic E-state index is 0.0220. The second kappa shape index (κ2) is 37.0. The summed E-state index contributed by atoms with van der Waals surface area (Å²) in [5.41, 5.74) is 0. The molecule has 0 rings (SSSR count). The first-order valence-corrected chi connectivity index (χ1v) is 21.3. The molecular weight excluding hydrogens is 679 g/mol. The Bertz CT molecular complexity index is 1070. The molecule has 0 heterocycles. The van der Waals surface area contributed by atoms with Crippen LogP contribution in [0, 0.1) is 0 Å². The van der Waals surface area contributed by atoms with Crippen molar-refractivity contribution in [2.24, 2.45) is 0 Å². The molecule has 2 atom stereocenters. The first-order valence-electron chi connectivity index (χ1n) is 21.3. The van der Waals surface area contributed by atoms with Crippen LogP contribution in [0.1, 0.15) is 162 Å². The van der Waals surface area contributed by atoms with E-state index in [1.54, 1.807) is 21.1 Å². The monoisotopic (exact) mass is 758 g/mol. The van der Waals surface area contributed by atoms with E-state index in [0.717, 1.165) is 70.6 Å². The Labute approximate surface area is 330 Å². The predicted octanol–water partition coefficient (Wildman–Crippen LogP) is 10.1. The molecule has 0 radical (unpaired) electrons. The smallest absolute Gasteiger partial charge is 0.306 e. The molecular formula is C46H79NO7. The summed E-state index contributed by atoms with van der Waals surface area (Å²) in [5.74, 6) is -1.81. The minimum Gasteiger partial charge on any atom is -0.544 e. The van der Waals surface area contributed by atoms with E-state index in [9.17, 15) is 19.5 Å². The number of unbranched alkanes of at least 4 members (excludes halogenated alkanes) is 13. The maximum atomic E-state index is 12.7. The number of ether oxygens (including phenoxy) is 3. The number of carboxylic acid groups (broad SMARTS) is 1. The van der Waals surface area contributed by atoms with Crippen LogP contribution < -0.4 is 5.11 Å². The van der Waals surface area contributed by atoms with Crippen LogP contribution in [0.5, 0.6) is 0 Å². The van der Waals surface area contributed by atoms with Gasteiger partial charge in [0.25, 0.3) is 0 Å². The third-order valence-corrected chi connectivity index (χ3v) is 9.13. The van der Waals surface area contributed by atoms with Crippen molar-refractivity contribution < 1.29 is 38.2 Å². The number of hydrogen-bond acceptors (Lipinski definition) is 7. The average molecular weight is 758 g/mol. The summed E-state index contributed by atoms with van der Waals surface area (Å²) in [6.07, 6.45) is 44.0. The van der Waals surface area contributed by atoms with Gasteiger partial charge in [-0.05, 0) is 77.0 Å². The number of hydrogen-bond donors (Lipinski definition) is 0. The van der Waals surface area contributed by atoms with Gasteiger partial charge in [-0.1, -0.05) is 126 Å². The van der Waals surface area contributed by atoms with Gasteiger partial charge in [0.05, 0.1) is 40.3 Å². The molecule has 54 heavy (non-hydrogen) atoms. The Morgan fingerprint density at radius 2 is 1.00 bits per heavy atom. The molecule has 8 nitrogen and oxygen atoms in total. The molecule has 0 aromatic heterocycles. The summed E-state index contributed by atoms with van der Waals surface area (Å²) < 4.78 is 17.0. The second-order valence-electron chi connectivity index (χ2n) is 15.2. The SMILES string of the molecule is CCCCC/C=C/C/C=C/C/C=C/C/C=C/CCCCCCCC(=O)OC(COCCC(C(=O)[O-])[N+](C)(C)C)COC(=O)CCC/C=C/CCCCCC. The van der Waals surface area contributed by atoms with E-state index in [-0.39, 0.29) is 42.7 Å². The molecule has 0 spiro atoms. The molecule has 0 N–H and O–H groups in total. The van der Waals surface area contributed by atoms with Gasteiger partial charge in [-0.3, -0.25) is 9.59 Å². The normalized spacial score (nSPS) is 13.6. The summed E-state index contributed by atoms with van der Waals surface area (Å²) in [6, 6.07) is -0.734. The molecule has 0 aromatic rings. The number of rotatable bonds is 37. The van der Waals surface area contributed by atoms with Crippen LogP contribution in [0.3, 0.4) is 0 Å². The topological polar surface area (TPSA) is 102 Å². The Morgan fingerprint density at radius 1 is 0.556 bits per heavy atom. The number of carbonyl (C=O) groups excluding carboxylic acids is 3. The standard InChI is InChI=1S/C46H79NO7/c1-6-8-10-12-14-16-17-18-19-20-21-22-23-24-25-26-27-29-31-33-35-37-45(49)54-42(40-52-39-38-43(46(50)51)47(3,4)5)41-53-44(48)36-34-32-30-28-15-13-11-9-7-2/h14,16,18-19,21-22,24-25,28,30,42-43H,6-13,15,17,20,23,26-27,29,31-41H2,1-5H3/b16-14+,19-18+,22-21+,25-24+,30-28+. The molecule has 0 fully saturated rings. The first-order chi connectivity index (χ1) is 26.1. The Balaban J connectivity index is 4.37. The molecule has 0 aliphatic heterocycles. The Kier molecular flexibility index (Phi) is 34.9. The number of esters is 2. The van der Waals surface area contributed by atoms with Gasteiger partial charge in [-0.2, -0.15) is 0 Å². The lowest BCUT2D eigenvalue weighted by atomic mass is 10.1.